The van der Waals surface area contributed by atoms with E-state index in [4.69, 9.17) is 4.43 Å². The number of fused-ring (bicyclic) bond motifs is 2. The van der Waals surface area contributed by atoms with E-state index in [-0.39, 0.29) is 28.5 Å². The number of anilines is 1. The Bertz CT molecular complexity index is 1250. The molecule has 0 bridgehead atoms. The molecule has 2 aliphatic carbocycles. The van der Waals surface area contributed by atoms with E-state index < -0.39 is 14.4 Å². The van der Waals surface area contributed by atoms with Crippen LogP contribution >= 0.6 is 0 Å². The molecule has 35 heavy (non-hydrogen) atoms. The van der Waals surface area contributed by atoms with Gasteiger partial charge in [0.15, 0.2) is 25.3 Å². The van der Waals surface area contributed by atoms with E-state index in [2.05, 4.69) is 61.1 Å². The van der Waals surface area contributed by atoms with E-state index in [0.717, 1.165) is 12.8 Å². The maximum atomic E-state index is 12.8. The lowest BCUT2D eigenvalue weighted by atomic mass is 9.96. The molecule has 0 spiro atoms. The normalized spacial score (nSPS) is 28.2. The van der Waals surface area contributed by atoms with E-state index in [0.29, 0.717) is 28.5 Å². The summed E-state index contributed by atoms with van der Waals surface area (Å²) < 4.78 is 8.92. The van der Waals surface area contributed by atoms with Gasteiger partial charge < -0.3 is 19.4 Å². The topological polar surface area (TPSA) is 102 Å². The second-order valence-electron chi connectivity index (χ2n) is 11.5. The minimum atomic E-state index is -2.14. The second kappa shape index (κ2) is 8.21. The lowest BCUT2D eigenvalue weighted by Crippen LogP contribution is -2.49. The first-order chi connectivity index (χ1) is 16.5. The molecule has 3 aromatic rings. The Balaban J connectivity index is 1.51. The molecule has 8 nitrogen and oxygen atoms in total. The predicted octanol–water partition coefficient (Wildman–Crippen LogP) is 4.80. The summed E-state index contributed by atoms with van der Waals surface area (Å²) in [6, 6.07) is 8.95. The van der Waals surface area contributed by atoms with Gasteiger partial charge >= 0.3 is 0 Å². The van der Waals surface area contributed by atoms with Crippen molar-refractivity contribution in [3.63, 3.8) is 0 Å². The van der Waals surface area contributed by atoms with Crippen LogP contribution in [0.3, 0.4) is 0 Å². The molecule has 186 valence electrons. The van der Waals surface area contributed by atoms with Gasteiger partial charge in [0.05, 0.1) is 24.6 Å². The monoisotopic (exact) mass is 493 g/mol. The van der Waals surface area contributed by atoms with Gasteiger partial charge in [-0.3, -0.25) is 4.79 Å². The maximum Gasteiger partial charge on any atom is 0.256 e. The predicted molar refractivity (Wildman–Crippen MR) is 138 cm³/mol. The van der Waals surface area contributed by atoms with Gasteiger partial charge in [-0.05, 0) is 49.0 Å². The van der Waals surface area contributed by atoms with E-state index in [1.165, 1.54) is 6.33 Å². The third kappa shape index (κ3) is 3.80. The van der Waals surface area contributed by atoms with Crippen LogP contribution in [0.25, 0.3) is 11.2 Å². The number of aliphatic hydroxyl groups excluding tert-OH is 1. The number of benzene rings is 1. The minimum absolute atomic E-state index is 0.0253. The van der Waals surface area contributed by atoms with Crippen molar-refractivity contribution in [1.29, 1.82) is 0 Å². The Morgan fingerprint density at radius 2 is 1.94 bits per heavy atom. The summed E-state index contributed by atoms with van der Waals surface area (Å²) in [5.74, 6) is 0.426. The molecular weight excluding hydrogens is 458 g/mol. The SMILES string of the molecule is CC[C@]12C[C@@H]1[C@@H](n1cnc3c(NC(=O)c4ccccc4)ncnc31)[C@H](O[Si](C)(C)C(C)(C)C)[C@@H]2O. The molecule has 0 saturated heterocycles. The van der Waals surface area contributed by atoms with Gasteiger partial charge in [-0.15, -0.1) is 0 Å². The van der Waals surface area contributed by atoms with Gasteiger partial charge in [-0.2, -0.15) is 0 Å². The molecule has 2 fully saturated rings. The summed E-state index contributed by atoms with van der Waals surface area (Å²) in [7, 11) is -2.14. The Hall–Kier alpha value is -2.62. The van der Waals surface area contributed by atoms with Crippen molar-refractivity contribution in [3.8, 4) is 0 Å². The molecule has 0 radical (unpaired) electrons. The average Bonchev–Trinajstić information content (AvgIpc) is 3.32. The Labute approximate surface area is 207 Å². The number of rotatable bonds is 6. The van der Waals surface area contributed by atoms with Crippen LogP contribution in [0.2, 0.25) is 18.1 Å². The van der Waals surface area contributed by atoms with Crippen LogP contribution < -0.4 is 5.32 Å². The molecule has 2 aromatic heterocycles. The first-order valence-corrected chi connectivity index (χ1v) is 15.3. The highest BCUT2D eigenvalue weighted by Gasteiger charge is 2.71. The summed E-state index contributed by atoms with van der Waals surface area (Å²) in [4.78, 5) is 26.2. The Kier molecular flexibility index (Phi) is 5.65. The fraction of sp³-hybridized carbons (Fsp3) is 0.538. The first-order valence-electron chi connectivity index (χ1n) is 12.4. The lowest BCUT2D eigenvalue weighted by molar-refractivity contribution is -0.0109. The number of imidazole rings is 1. The quantitative estimate of drug-likeness (QED) is 0.478. The highest BCUT2D eigenvalue weighted by molar-refractivity contribution is 6.74. The molecule has 5 atom stereocenters. The number of aromatic nitrogens is 4. The maximum absolute atomic E-state index is 12.8. The van der Waals surface area contributed by atoms with Crippen molar-refractivity contribution in [2.45, 2.75) is 76.9 Å². The fourth-order valence-corrected chi connectivity index (χ4v) is 6.75. The third-order valence-electron chi connectivity index (χ3n) is 8.67. The number of amides is 1. The van der Waals surface area contributed by atoms with E-state index in [1.807, 2.05) is 22.8 Å². The van der Waals surface area contributed by atoms with Crippen LogP contribution in [0.1, 0.15) is 56.9 Å². The van der Waals surface area contributed by atoms with Crippen LogP contribution in [-0.2, 0) is 4.43 Å². The lowest BCUT2D eigenvalue weighted by Gasteiger charge is -2.42. The van der Waals surface area contributed by atoms with Gasteiger partial charge in [-0.1, -0.05) is 45.9 Å². The fourth-order valence-electron chi connectivity index (χ4n) is 5.44. The van der Waals surface area contributed by atoms with Gasteiger partial charge in [0.25, 0.3) is 5.91 Å². The molecule has 1 amide bonds. The molecule has 9 heteroatoms. The molecule has 0 unspecified atom stereocenters. The smallest absolute Gasteiger partial charge is 0.256 e. The molecule has 5 rings (SSSR count). The van der Waals surface area contributed by atoms with Crippen LogP contribution in [0, 0.1) is 11.3 Å². The molecule has 1 aromatic carbocycles. The van der Waals surface area contributed by atoms with E-state index >= 15 is 0 Å². The summed E-state index contributed by atoms with van der Waals surface area (Å²) in [5.41, 5.74) is 1.60. The molecule has 2 heterocycles. The third-order valence-corrected chi connectivity index (χ3v) is 13.1. The van der Waals surface area contributed by atoms with Crippen LogP contribution in [0.5, 0.6) is 0 Å². The number of nitrogens with one attached hydrogen (secondary N) is 1. The van der Waals surface area contributed by atoms with Gasteiger partial charge in [0.2, 0.25) is 0 Å². The van der Waals surface area contributed by atoms with Crippen LogP contribution in [0.4, 0.5) is 5.82 Å². The number of nitrogens with zero attached hydrogens (tertiary/aromatic N) is 4. The van der Waals surface area contributed by atoms with E-state index in [1.54, 1.807) is 18.5 Å². The Morgan fingerprint density at radius 1 is 1.23 bits per heavy atom. The summed E-state index contributed by atoms with van der Waals surface area (Å²) in [6.45, 7) is 13.3. The highest BCUT2D eigenvalue weighted by atomic mass is 28.4. The largest absolute Gasteiger partial charge is 0.409 e. The van der Waals surface area contributed by atoms with Crippen molar-refractivity contribution in [1.82, 2.24) is 19.5 Å². The van der Waals surface area contributed by atoms with Gasteiger partial charge in [-0.25, -0.2) is 15.0 Å². The summed E-state index contributed by atoms with van der Waals surface area (Å²) >= 11 is 0. The van der Waals surface area contributed by atoms with E-state index in [9.17, 15) is 9.90 Å². The van der Waals surface area contributed by atoms with Crippen molar-refractivity contribution in [3.05, 3.63) is 48.5 Å². The zero-order valence-electron chi connectivity index (χ0n) is 21.3. The molecule has 2 N–H and O–H groups in total. The Morgan fingerprint density at radius 3 is 2.60 bits per heavy atom. The first kappa shape index (κ1) is 24.1. The van der Waals surface area contributed by atoms with Crippen molar-refractivity contribution < 1.29 is 14.3 Å². The standard InChI is InChI=1S/C26H35N5O3Si/c1-7-26-13-17(26)19(20(21(26)32)34-35(5,6)25(2,3)4)31-15-29-18-22(27-14-28-23(18)31)30-24(33)16-11-9-8-10-12-16/h8-12,14-15,17,19-21,32H,7,13H2,1-6H3,(H,27,28,30,33)/t17-,19-,20+,21+,26+/m1/s1. The zero-order valence-corrected chi connectivity index (χ0v) is 22.3. The van der Waals surface area contributed by atoms with Crippen LogP contribution in [-0.4, -0.2) is 51.1 Å². The van der Waals surface area contributed by atoms with Crippen molar-refractivity contribution in [2.75, 3.05) is 5.32 Å². The summed E-state index contributed by atoms with van der Waals surface area (Å²) in [5, 5.41) is 14.4. The van der Waals surface area contributed by atoms with Gasteiger partial charge in [0, 0.05) is 11.0 Å². The zero-order chi connectivity index (χ0) is 25.2. The number of carbonyl (C=O) groups excluding carboxylic acids is 1. The van der Waals surface area contributed by atoms with Crippen molar-refractivity contribution in [2.24, 2.45) is 11.3 Å². The van der Waals surface area contributed by atoms with Crippen molar-refractivity contribution >= 4 is 31.2 Å². The number of carbonyl (C=O) groups is 1. The molecular formula is C26H35N5O3Si. The summed E-state index contributed by atoms with van der Waals surface area (Å²) in [6.07, 6.45) is 4.23. The average molecular weight is 494 g/mol. The molecule has 2 saturated carbocycles. The second-order valence-corrected chi connectivity index (χ2v) is 16.3. The highest BCUT2D eigenvalue weighted by Crippen LogP contribution is 2.70. The number of hydrogen-bond acceptors (Lipinski definition) is 6. The minimum Gasteiger partial charge on any atom is -0.409 e. The molecule has 0 aliphatic heterocycles. The molecule has 2 aliphatic rings. The van der Waals surface area contributed by atoms with Gasteiger partial charge in [0.1, 0.15) is 6.33 Å². The van der Waals surface area contributed by atoms with Crippen LogP contribution in [0.15, 0.2) is 43.0 Å². The number of aliphatic hydroxyl groups is 1. The number of hydrogen-bond donors (Lipinski definition) is 2.